The quantitative estimate of drug-likeness (QED) is 0.754. The number of thiocarbonyl (C=S) groups is 1. The van der Waals surface area contributed by atoms with Crippen LogP contribution < -0.4 is 5.32 Å². The zero-order valence-corrected chi connectivity index (χ0v) is 9.47. The molecule has 0 atom stereocenters. The van der Waals surface area contributed by atoms with Crippen LogP contribution in [0.4, 0.5) is 5.69 Å². The maximum Gasteiger partial charge on any atom is 0.137 e. The summed E-state index contributed by atoms with van der Waals surface area (Å²) in [7, 11) is 0. The first-order valence-electron chi connectivity index (χ1n) is 4.20. The van der Waals surface area contributed by atoms with E-state index < -0.39 is 0 Å². The second-order valence-electron chi connectivity index (χ2n) is 2.67. The highest BCUT2D eigenvalue weighted by Gasteiger charge is 1.95. The highest BCUT2D eigenvalue weighted by molar-refractivity contribution is 8.22. The standard InChI is InChI=1S/C10H13NS2/c1-3-8-4-6-9(7-5-8)11-10(12)13-2/h4-7H,3H2,1-2H3,(H,11,12). The fourth-order valence-corrected chi connectivity index (χ4v) is 1.33. The molecule has 0 aliphatic heterocycles. The Kier molecular flexibility index (Phi) is 4.25. The van der Waals surface area contributed by atoms with Crippen molar-refractivity contribution in [1.29, 1.82) is 0 Å². The van der Waals surface area contributed by atoms with Gasteiger partial charge in [0.25, 0.3) is 0 Å². The Labute approximate surface area is 88.9 Å². The molecular weight excluding hydrogens is 198 g/mol. The van der Waals surface area contributed by atoms with Crippen LogP contribution in [0, 0.1) is 0 Å². The number of nitrogens with one attached hydrogen (secondary N) is 1. The first-order chi connectivity index (χ1) is 6.26. The van der Waals surface area contributed by atoms with Gasteiger partial charge >= 0.3 is 0 Å². The van der Waals surface area contributed by atoms with Gasteiger partial charge in [-0.25, -0.2) is 0 Å². The number of hydrogen-bond donors (Lipinski definition) is 1. The molecule has 70 valence electrons. The van der Waals surface area contributed by atoms with Crippen molar-refractivity contribution >= 4 is 34.0 Å². The maximum absolute atomic E-state index is 5.05. The smallest absolute Gasteiger partial charge is 0.137 e. The van der Waals surface area contributed by atoms with Crippen molar-refractivity contribution in [3.63, 3.8) is 0 Å². The molecule has 0 aliphatic carbocycles. The van der Waals surface area contributed by atoms with E-state index in [2.05, 4.69) is 36.5 Å². The second kappa shape index (κ2) is 5.25. The highest BCUT2D eigenvalue weighted by Crippen LogP contribution is 2.12. The van der Waals surface area contributed by atoms with Gasteiger partial charge in [-0.3, -0.25) is 0 Å². The van der Waals surface area contributed by atoms with Gasteiger partial charge in [-0.2, -0.15) is 0 Å². The summed E-state index contributed by atoms with van der Waals surface area (Å²) in [6.07, 6.45) is 3.04. The van der Waals surface area contributed by atoms with Gasteiger partial charge in [0.15, 0.2) is 0 Å². The molecule has 0 saturated heterocycles. The van der Waals surface area contributed by atoms with E-state index in [-0.39, 0.29) is 0 Å². The lowest BCUT2D eigenvalue weighted by Crippen LogP contribution is -2.03. The summed E-state index contributed by atoms with van der Waals surface area (Å²) in [5.74, 6) is 0. The second-order valence-corrected chi connectivity index (χ2v) is 4.15. The summed E-state index contributed by atoms with van der Waals surface area (Å²) in [5.41, 5.74) is 2.41. The highest BCUT2D eigenvalue weighted by atomic mass is 32.2. The zero-order valence-electron chi connectivity index (χ0n) is 7.83. The average Bonchev–Trinajstić information content (AvgIpc) is 2.19. The van der Waals surface area contributed by atoms with Gasteiger partial charge in [0.05, 0.1) is 0 Å². The van der Waals surface area contributed by atoms with Crippen LogP contribution in [0.1, 0.15) is 12.5 Å². The third kappa shape index (κ3) is 3.36. The van der Waals surface area contributed by atoms with E-state index in [0.29, 0.717) is 0 Å². The van der Waals surface area contributed by atoms with E-state index in [9.17, 15) is 0 Å². The number of aryl methyl sites for hydroxylation is 1. The third-order valence-electron chi connectivity index (χ3n) is 1.79. The first kappa shape index (κ1) is 10.5. The Morgan fingerprint density at radius 1 is 1.38 bits per heavy atom. The molecule has 13 heavy (non-hydrogen) atoms. The molecule has 0 radical (unpaired) electrons. The topological polar surface area (TPSA) is 12.0 Å². The van der Waals surface area contributed by atoms with E-state index in [0.717, 1.165) is 16.4 Å². The van der Waals surface area contributed by atoms with Crippen LogP contribution in [-0.2, 0) is 6.42 Å². The van der Waals surface area contributed by atoms with Gasteiger partial charge in [0.2, 0.25) is 0 Å². The normalized spacial score (nSPS) is 9.69. The van der Waals surface area contributed by atoms with Crippen molar-refractivity contribution in [2.75, 3.05) is 11.6 Å². The fourth-order valence-electron chi connectivity index (χ4n) is 0.993. The molecular formula is C10H13NS2. The minimum absolute atomic E-state index is 0.809. The number of anilines is 1. The number of hydrogen-bond acceptors (Lipinski definition) is 2. The maximum atomic E-state index is 5.05. The van der Waals surface area contributed by atoms with Gasteiger partial charge in [-0.15, -0.1) is 11.8 Å². The van der Waals surface area contributed by atoms with Gasteiger partial charge in [-0.05, 0) is 30.4 Å². The molecule has 0 spiro atoms. The molecule has 0 unspecified atom stereocenters. The molecule has 1 rings (SSSR count). The monoisotopic (exact) mass is 211 g/mol. The van der Waals surface area contributed by atoms with Crippen molar-refractivity contribution in [1.82, 2.24) is 0 Å². The Morgan fingerprint density at radius 2 is 2.00 bits per heavy atom. The molecule has 1 nitrogen and oxygen atoms in total. The zero-order chi connectivity index (χ0) is 9.68. The average molecular weight is 211 g/mol. The molecule has 0 aliphatic rings. The molecule has 0 amide bonds. The molecule has 0 heterocycles. The summed E-state index contributed by atoms with van der Waals surface area (Å²) < 4.78 is 0.809. The number of thioether (sulfide) groups is 1. The van der Waals surface area contributed by atoms with Crippen LogP contribution in [0.25, 0.3) is 0 Å². The van der Waals surface area contributed by atoms with Crippen LogP contribution in [0.3, 0.4) is 0 Å². The summed E-state index contributed by atoms with van der Waals surface area (Å²) in [4.78, 5) is 0. The molecule has 0 saturated carbocycles. The van der Waals surface area contributed by atoms with Crippen molar-refractivity contribution in [3.8, 4) is 0 Å². The van der Waals surface area contributed by atoms with Crippen LogP contribution in [0.15, 0.2) is 24.3 Å². The molecule has 3 heteroatoms. The molecule has 1 aromatic rings. The van der Waals surface area contributed by atoms with E-state index in [1.165, 1.54) is 5.56 Å². The predicted octanol–water partition coefficient (Wildman–Crippen LogP) is 3.31. The van der Waals surface area contributed by atoms with E-state index in [1.807, 2.05) is 6.26 Å². The number of benzene rings is 1. The molecule has 0 fully saturated rings. The minimum atomic E-state index is 0.809. The molecule has 1 N–H and O–H groups in total. The summed E-state index contributed by atoms with van der Waals surface area (Å²) in [5, 5.41) is 3.14. The largest absolute Gasteiger partial charge is 0.341 e. The van der Waals surface area contributed by atoms with Crippen molar-refractivity contribution in [2.24, 2.45) is 0 Å². The van der Waals surface area contributed by atoms with Gasteiger partial charge in [-0.1, -0.05) is 31.3 Å². The lowest BCUT2D eigenvalue weighted by atomic mass is 10.1. The van der Waals surface area contributed by atoms with Gasteiger partial charge < -0.3 is 5.32 Å². The first-order valence-corrected chi connectivity index (χ1v) is 5.83. The van der Waals surface area contributed by atoms with E-state index >= 15 is 0 Å². The predicted molar refractivity (Wildman–Crippen MR) is 65.6 cm³/mol. The van der Waals surface area contributed by atoms with Crippen molar-refractivity contribution < 1.29 is 0 Å². The Bertz CT molecular complexity index is 279. The van der Waals surface area contributed by atoms with Crippen LogP contribution in [0.5, 0.6) is 0 Å². The fraction of sp³-hybridized carbons (Fsp3) is 0.300. The Balaban J connectivity index is 2.64. The summed E-state index contributed by atoms with van der Waals surface area (Å²) in [6, 6.07) is 8.35. The summed E-state index contributed by atoms with van der Waals surface area (Å²) in [6.45, 7) is 2.15. The minimum Gasteiger partial charge on any atom is -0.341 e. The molecule has 1 aromatic carbocycles. The third-order valence-corrected chi connectivity index (χ3v) is 2.87. The summed E-state index contributed by atoms with van der Waals surface area (Å²) >= 11 is 6.60. The van der Waals surface area contributed by atoms with E-state index in [4.69, 9.17) is 12.2 Å². The number of rotatable bonds is 2. The SMILES string of the molecule is CCc1ccc(NC(=S)SC)cc1. The van der Waals surface area contributed by atoms with Crippen LogP contribution >= 0.6 is 24.0 Å². The lowest BCUT2D eigenvalue weighted by Gasteiger charge is -2.05. The Hall–Kier alpha value is -0.540. The van der Waals surface area contributed by atoms with Crippen LogP contribution in [-0.4, -0.2) is 10.6 Å². The Morgan fingerprint density at radius 3 is 2.46 bits per heavy atom. The molecule has 0 aromatic heterocycles. The van der Waals surface area contributed by atoms with Gasteiger partial charge in [0, 0.05) is 5.69 Å². The molecule has 0 bridgehead atoms. The lowest BCUT2D eigenvalue weighted by molar-refractivity contribution is 1.14. The van der Waals surface area contributed by atoms with E-state index in [1.54, 1.807) is 11.8 Å². The van der Waals surface area contributed by atoms with Crippen molar-refractivity contribution in [2.45, 2.75) is 13.3 Å². The van der Waals surface area contributed by atoms with Crippen molar-refractivity contribution in [3.05, 3.63) is 29.8 Å². The van der Waals surface area contributed by atoms with Crippen LogP contribution in [0.2, 0.25) is 0 Å². The van der Waals surface area contributed by atoms with Gasteiger partial charge in [0.1, 0.15) is 4.32 Å².